The molecule has 10 heteroatoms. The van der Waals surface area contributed by atoms with Crippen LogP contribution in [0.2, 0.25) is 0 Å². The van der Waals surface area contributed by atoms with Crippen LogP contribution in [-0.2, 0) is 4.74 Å². The Morgan fingerprint density at radius 3 is 2.55 bits per heavy atom. The minimum atomic E-state index is -0.699. The highest BCUT2D eigenvalue weighted by Crippen LogP contribution is 2.39. The fourth-order valence-corrected chi connectivity index (χ4v) is 4.73. The number of nitrogen functional groups attached to an aromatic ring is 1. The van der Waals surface area contributed by atoms with Gasteiger partial charge in [-0.25, -0.2) is 14.0 Å². The molecule has 2 unspecified atom stereocenters. The molecule has 3 N–H and O–H groups in total. The third-order valence-electron chi connectivity index (χ3n) is 6.47. The van der Waals surface area contributed by atoms with E-state index in [0.717, 1.165) is 19.3 Å². The Balaban J connectivity index is 1.65. The first-order valence-electron chi connectivity index (χ1n) is 11.4. The zero-order chi connectivity index (χ0) is 24.2. The fourth-order valence-electron chi connectivity index (χ4n) is 4.73. The molecule has 33 heavy (non-hydrogen) atoms. The van der Waals surface area contributed by atoms with Crippen molar-refractivity contribution in [3.8, 4) is 0 Å². The van der Waals surface area contributed by atoms with E-state index in [2.05, 4.69) is 5.32 Å². The number of nitrogens with zero attached hydrogens (tertiary/aromatic N) is 3. The van der Waals surface area contributed by atoms with Crippen molar-refractivity contribution >= 4 is 22.7 Å². The molecule has 1 aliphatic heterocycles. The second-order valence-corrected chi connectivity index (χ2v) is 10.2. The maximum absolute atomic E-state index is 15.3. The van der Waals surface area contributed by atoms with Crippen LogP contribution in [0.1, 0.15) is 58.6 Å². The molecule has 4 rings (SSSR count). The highest BCUT2D eigenvalue weighted by molar-refractivity contribution is 5.87. The SMILES string of the molecule is Cc1c(N2CCC(C(C)NC(=O)OC(C)(C)C)C2)c(F)cc2c(=O)n(N)c(=O)n(C3CC3)c12. The summed E-state index contributed by atoms with van der Waals surface area (Å²) in [5.41, 5.74) is -0.470. The van der Waals surface area contributed by atoms with Crippen LogP contribution < -0.4 is 27.3 Å². The van der Waals surface area contributed by atoms with Gasteiger partial charge < -0.3 is 20.8 Å². The van der Waals surface area contributed by atoms with Crippen molar-refractivity contribution in [1.29, 1.82) is 0 Å². The first kappa shape index (κ1) is 23.1. The van der Waals surface area contributed by atoms with E-state index >= 15 is 4.39 Å². The van der Waals surface area contributed by atoms with Gasteiger partial charge in [-0.2, -0.15) is 4.68 Å². The van der Waals surface area contributed by atoms with Gasteiger partial charge in [-0.1, -0.05) is 0 Å². The minimum Gasteiger partial charge on any atom is -0.444 e. The second-order valence-electron chi connectivity index (χ2n) is 10.2. The predicted molar refractivity (Wildman–Crippen MR) is 125 cm³/mol. The molecule has 2 fully saturated rings. The number of rotatable bonds is 4. The van der Waals surface area contributed by atoms with Crippen molar-refractivity contribution in [2.45, 2.75) is 71.6 Å². The van der Waals surface area contributed by atoms with Gasteiger partial charge in [0.25, 0.3) is 5.56 Å². The molecule has 1 saturated carbocycles. The third kappa shape index (κ3) is 4.30. The number of carbonyl (C=O) groups excluding carboxylic acids is 1. The molecule has 2 heterocycles. The Bertz CT molecular complexity index is 1220. The minimum absolute atomic E-state index is 0.0308. The van der Waals surface area contributed by atoms with Crippen molar-refractivity contribution in [2.75, 3.05) is 23.8 Å². The third-order valence-corrected chi connectivity index (χ3v) is 6.47. The lowest BCUT2D eigenvalue weighted by atomic mass is 10.0. The smallest absolute Gasteiger partial charge is 0.407 e. The van der Waals surface area contributed by atoms with Gasteiger partial charge in [0.05, 0.1) is 16.6 Å². The van der Waals surface area contributed by atoms with E-state index in [9.17, 15) is 14.4 Å². The van der Waals surface area contributed by atoms with Gasteiger partial charge in [0, 0.05) is 30.7 Å². The predicted octanol–water partition coefficient (Wildman–Crippen LogP) is 2.40. The Kier molecular flexibility index (Phi) is 5.66. The fraction of sp³-hybridized carbons (Fsp3) is 0.609. The number of hydrogen-bond acceptors (Lipinski definition) is 6. The number of ether oxygens (including phenoxy) is 1. The molecular formula is C23H32FN5O4. The van der Waals surface area contributed by atoms with Crippen LogP contribution in [0.25, 0.3) is 10.9 Å². The number of nitrogens with two attached hydrogens (primary N) is 1. The first-order chi connectivity index (χ1) is 15.4. The van der Waals surface area contributed by atoms with Crippen LogP contribution in [0.4, 0.5) is 14.9 Å². The Hall–Kier alpha value is -3.04. The van der Waals surface area contributed by atoms with Crippen molar-refractivity contribution in [2.24, 2.45) is 5.92 Å². The van der Waals surface area contributed by atoms with Gasteiger partial charge in [0.1, 0.15) is 11.4 Å². The second kappa shape index (κ2) is 8.07. The van der Waals surface area contributed by atoms with Crippen LogP contribution in [-0.4, -0.2) is 40.1 Å². The molecule has 2 aromatic rings. The maximum Gasteiger partial charge on any atom is 0.407 e. The van der Waals surface area contributed by atoms with Gasteiger partial charge in [0.15, 0.2) is 0 Å². The average Bonchev–Trinajstić information content (AvgIpc) is 3.42. The highest BCUT2D eigenvalue weighted by Gasteiger charge is 2.34. The average molecular weight is 462 g/mol. The van der Waals surface area contributed by atoms with Crippen LogP contribution in [0.3, 0.4) is 0 Å². The van der Waals surface area contributed by atoms with E-state index < -0.39 is 28.8 Å². The van der Waals surface area contributed by atoms with E-state index in [1.807, 2.05) is 11.8 Å². The van der Waals surface area contributed by atoms with Crippen molar-refractivity contribution in [3.05, 3.63) is 38.3 Å². The number of aryl methyl sites for hydroxylation is 1. The summed E-state index contributed by atoms with van der Waals surface area (Å²) in [6, 6.07) is 0.997. The molecule has 0 spiro atoms. The zero-order valence-electron chi connectivity index (χ0n) is 19.8. The van der Waals surface area contributed by atoms with Gasteiger partial charge >= 0.3 is 11.8 Å². The molecule has 0 radical (unpaired) electrons. The molecule has 1 aromatic heterocycles. The molecule has 1 aromatic carbocycles. The number of aromatic nitrogens is 2. The Labute approximate surface area is 191 Å². The molecule has 1 saturated heterocycles. The lowest BCUT2D eigenvalue weighted by Crippen LogP contribution is -2.45. The number of alkyl carbamates (subject to hydrolysis) is 1. The summed E-state index contributed by atoms with van der Waals surface area (Å²) in [5, 5.41) is 2.99. The van der Waals surface area contributed by atoms with E-state index in [1.54, 1.807) is 27.7 Å². The number of halogens is 1. The number of amides is 1. The first-order valence-corrected chi connectivity index (χ1v) is 11.4. The number of benzene rings is 1. The molecule has 1 amide bonds. The zero-order valence-corrected chi connectivity index (χ0v) is 19.8. The molecule has 0 bridgehead atoms. The Morgan fingerprint density at radius 2 is 1.94 bits per heavy atom. The summed E-state index contributed by atoms with van der Waals surface area (Å²) in [4.78, 5) is 39.4. The van der Waals surface area contributed by atoms with Crippen LogP contribution >= 0.6 is 0 Å². The van der Waals surface area contributed by atoms with E-state index in [-0.39, 0.29) is 23.4 Å². The summed E-state index contributed by atoms with van der Waals surface area (Å²) in [6.07, 6.45) is 1.92. The van der Waals surface area contributed by atoms with E-state index in [1.165, 1.54) is 10.6 Å². The summed E-state index contributed by atoms with van der Waals surface area (Å²) in [6.45, 7) is 10.2. The summed E-state index contributed by atoms with van der Waals surface area (Å²) >= 11 is 0. The monoisotopic (exact) mass is 461 g/mol. The van der Waals surface area contributed by atoms with Gasteiger partial charge in [0.2, 0.25) is 0 Å². The number of anilines is 1. The standard InChI is InChI=1S/C23H32FN5O4/c1-12-18-16(20(30)29(25)22(32)28(18)15-6-7-15)10-17(24)19(12)27-9-8-14(11-27)13(2)26-21(31)33-23(3,4)5/h10,13-15H,6-9,11,25H2,1-5H3,(H,26,31). The lowest BCUT2D eigenvalue weighted by molar-refractivity contribution is 0.0494. The number of hydrogen-bond donors (Lipinski definition) is 2. The maximum atomic E-state index is 15.3. The normalized spacial score (nSPS) is 19.7. The number of fused-ring (bicyclic) bond motifs is 1. The van der Waals surface area contributed by atoms with Crippen molar-refractivity contribution < 1.29 is 13.9 Å². The van der Waals surface area contributed by atoms with E-state index in [4.69, 9.17) is 10.6 Å². The van der Waals surface area contributed by atoms with Crippen molar-refractivity contribution in [1.82, 2.24) is 14.6 Å². The molecule has 2 atom stereocenters. The van der Waals surface area contributed by atoms with Crippen molar-refractivity contribution in [3.63, 3.8) is 0 Å². The van der Waals surface area contributed by atoms with Gasteiger partial charge in [-0.15, -0.1) is 0 Å². The van der Waals surface area contributed by atoms with Crippen LogP contribution in [0.15, 0.2) is 15.7 Å². The lowest BCUT2D eigenvalue weighted by Gasteiger charge is -2.26. The van der Waals surface area contributed by atoms with E-state index in [0.29, 0.717) is 34.5 Å². The van der Waals surface area contributed by atoms with Crippen LogP contribution in [0, 0.1) is 18.7 Å². The highest BCUT2D eigenvalue weighted by atomic mass is 19.1. The molecule has 180 valence electrons. The quantitative estimate of drug-likeness (QED) is 0.677. The summed E-state index contributed by atoms with van der Waals surface area (Å²) in [5.74, 6) is 5.27. The number of carbonyl (C=O) groups is 1. The molecular weight excluding hydrogens is 429 g/mol. The van der Waals surface area contributed by atoms with Gasteiger partial charge in [-0.05, 0) is 65.9 Å². The Morgan fingerprint density at radius 1 is 1.27 bits per heavy atom. The van der Waals surface area contributed by atoms with Gasteiger partial charge in [-0.3, -0.25) is 9.36 Å². The molecule has 1 aliphatic carbocycles. The summed E-state index contributed by atoms with van der Waals surface area (Å²) in [7, 11) is 0. The number of nitrogens with one attached hydrogen (secondary N) is 1. The van der Waals surface area contributed by atoms with Crippen LogP contribution in [0.5, 0.6) is 0 Å². The topological polar surface area (TPSA) is 112 Å². The molecule has 9 nitrogen and oxygen atoms in total. The molecule has 2 aliphatic rings. The summed E-state index contributed by atoms with van der Waals surface area (Å²) < 4.78 is 22.8. The largest absolute Gasteiger partial charge is 0.444 e.